The molecule has 3 heterocycles. The summed E-state index contributed by atoms with van der Waals surface area (Å²) in [5, 5.41) is 19.6. The van der Waals surface area contributed by atoms with Crippen molar-refractivity contribution in [2.75, 3.05) is 11.1 Å². The van der Waals surface area contributed by atoms with Crippen molar-refractivity contribution >= 4 is 34.1 Å². The summed E-state index contributed by atoms with van der Waals surface area (Å²) in [5.74, 6) is 0.656. The Morgan fingerprint density at radius 3 is 3.00 bits per heavy atom. The number of rotatable bonds is 7. The number of carbonyl (C=O) groups is 1. The van der Waals surface area contributed by atoms with Gasteiger partial charge < -0.3 is 0 Å². The quantitative estimate of drug-likeness (QED) is 0.509. The van der Waals surface area contributed by atoms with E-state index in [4.69, 9.17) is 0 Å². The number of amides is 1. The van der Waals surface area contributed by atoms with Crippen LogP contribution in [0.3, 0.4) is 0 Å². The lowest BCUT2D eigenvalue weighted by atomic mass is 10.3. The van der Waals surface area contributed by atoms with E-state index in [1.54, 1.807) is 17.8 Å². The summed E-state index contributed by atoms with van der Waals surface area (Å²) >= 11 is 2.56. The van der Waals surface area contributed by atoms with Crippen LogP contribution >= 0.6 is 23.1 Å². The summed E-state index contributed by atoms with van der Waals surface area (Å²) in [6.07, 6.45) is 3.45. The molecule has 24 heavy (non-hydrogen) atoms. The van der Waals surface area contributed by atoms with Crippen molar-refractivity contribution in [2.45, 2.75) is 11.7 Å². The number of carbonyl (C=O) groups excluding carboxylic acids is 1. The average Bonchev–Trinajstić information content (AvgIpc) is 3.24. The van der Waals surface area contributed by atoms with Crippen LogP contribution in [0.25, 0.3) is 11.5 Å². The lowest BCUT2D eigenvalue weighted by Crippen LogP contribution is -2.14. The topological polar surface area (TPSA) is 98.5 Å². The molecule has 0 aliphatic heterocycles. The van der Waals surface area contributed by atoms with Crippen LogP contribution in [-0.2, 0) is 11.3 Å². The van der Waals surface area contributed by atoms with E-state index in [1.165, 1.54) is 23.1 Å². The number of pyridine rings is 1. The van der Waals surface area contributed by atoms with Gasteiger partial charge in [0.1, 0.15) is 11.2 Å². The first kappa shape index (κ1) is 16.3. The Morgan fingerprint density at radius 2 is 2.29 bits per heavy atom. The van der Waals surface area contributed by atoms with Crippen LogP contribution in [0.1, 0.15) is 0 Å². The third-order valence-electron chi connectivity index (χ3n) is 2.86. The van der Waals surface area contributed by atoms with E-state index in [0.717, 1.165) is 5.69 Å². The van der Waals surface area contributed by atoms with Crippen molar-refractivity contribution in [1.82, 2.24) is 29.9 Å². The second-order valence-electron chi connectivity index (χ2n) is 4.50. The Labute approximate surface area is 146 Å². The summed E-state index contributed by atoms with van der Waals surface area (Å²) in [6, 6.07) is 5.59. The number of hydrogen-bond acceptors (Lipinski definition) is 8. The zero-order chi connectivity index (χ0) is 16.8. The first-order valence-corrected chi connectivity index (χ1v) is 8.78. The Morgan fingerprint density at radius 1 is 1.38 bits per heavy atom. The van der Waals surface area contributed by atoms with E-state index in [-0.39, 0.29) is 11.7 Å². The summed E-state index contributed by atoms with van der Waals surface area (Å²) in [5.41, 5.74) is 2.28. The number of anilines is 1. The lowest BCUT2D eigenvalue weighted by molar-refractivity contribution is -0.113. The Hall–Kier alpha value is -2.59. The van der Waals surface area contributed by atoms with Crippen molar-refractivity contribution < 1.29 is 4.79 Å². The fraction of sp³-hybridized carbons (Fsp3) is 0.143. The summed E-state index contributed by atoms with van der Waals surface area (Å²) < 4.78 is 1.87. The Bertz CT molecular complexity index is 817. The van der Waals surface area contributed by atoms with Gasteiger partial charge in [0.15, 0.2) is 11.0 Å². The number of nitrogens with zero attached hydrogens (tertiary/aromatic N) is 6. The Balaban J connectivity index is 1.72. The summed E-state index contributed by atoms with van der Waals surface area (Å²) in [4.78, 5) is 16.2. The number of thioether (sulfide) groups is 1. The van der Waals surface area contributed by atoms with Gasteiger partial charge in [-0.2, -0.15) is 0 Å². The number of aromatic nitrogens is 6. The van der Waals surface area contributed by atoms with Gasteiger partial charge in [-0.05, 0) is 12.1 Å². The highest BCUT2D eigenvalue weighted by Gasteiger charge is 2.15. The highest BCUT2D eigenvalue weighted by molar-refractivity contribution is 7.99. The molecule has 0 saturated heterocycles. The molecule has 0 spiro atoms. The maximum absolute atomic E-state index is 11.9. The molecule has 8 nitrogen and oxygen atoms in total. The SMILES string of the molecule is C=CCn1c(SCC(=O)Nc2nncs2)nnc1-c1ccccn1. The van der Waals surface area contributed by atoms with Gasteiger partial charge in [0, 0.05) is 12.7 Å². The normalized spacial score (nSPS) is 10.5. The van der Waals surface area contributed by atoms with Crippen molar-refractivity contribution in [1.29, 1.82) is 0 Å². The highest BCUT2D eigenvalue weighted by atomic mass is 32.2. The molecule has 3 aromatic rings. The smallest absolute Gasteiger partial charge is 0.236 e. The molecule has 1 N–H and O–H groups in total. The predicted molar refractivity (Wildman–Crippen MR) is 92.7 cm³/mol. The number of allylic oxidation sites excluding steroid dienone is 1. The van der Waals surface area contributed by atoms with E-state index < -0.39 is 0 Å². The molecule has 0 aliphatic rings. The molecule has 0 unspecified atom stereocenters. The first-order valence-electron chi connectivity index (χ1n) is 6.92. The molecule has 0 saturated carbocycles. The first-order chi connectivity index (χ1) is 11.8. The van der Waals surface area contributed by atoms with Crippen LogP contribution in [-0.4, -0.2) is 41.6 Å². The predicted octanol–water partition coefficient (Wildman–Crippen LogP) is 2.11. The second kappa shape index (κ2) is 7.79. The average molecular weight is 359 g/mol. The zero-order valence-corrected chi connectivity index (χ0v) is 14.1. The zero-order valence-electron chi connectivity index (χ0n) is 12.5. The van der Waals surface area contributed by atoms with Gasteiger partial charge in [0.05, 0.1) is 5.75 Å². The molecule has 0 aliphatic carbocycles. The third-order valence-corrected chi connectivity index (χ3v) is 4.43. The maximum atomic E-state index is 11.9. The molecule has 0 radical (unpaired) electrons. The Kier molecular flexibility index (Phi) is 5.29. The third kappa shape index (κ3) is 3.84. The molecule has 0 atom stereocenters. The minimum Gasteiger partial charge on any atom is -0.300 e. The highest BCUT2D eigenvalue weighted by Crippen LogP contribution is 2.23. The van der Waals surface area contributed by atoms with Crippen molar-refractivity contribution in [3.8, 4) is 11.5 Å². The fourth-order valence-corrected chi connectivity index (χ4v) is 3.10. The maximum Gasteiger partial charge on any atom is 0.236 e. The molecule has 0 bridgehead atoms. The van der Waals surface area contributed by atoms with Gasteiger partial charge in [-0.15, -0.1) is 27.0 Å². The van der Waals surface area contributed by atoms with E-state index in [1.807, 2.05) is 22.8 Å². The monoisotopic (exact) mass is 359 g/mol. The van der Waals surface area contributed by atoms with E-state index in [2.05, 4.69) is 37.3 Å². The molecular weight excluding hydrogens is 346 g/mol. The van der Waals surface area contributed by atoms with Gasteiger partial charge in [-0.3, -0.25) is 19.7 Å². The molecule has 10 heteroatoms. The second-order valence-corrected chi connectivity index (χ2v) is 6.28. The van der Waals surface area contributed by atoms with Gasteiger partial charge in [0.2, 0.25) is 11.0 Å². The van der Waals surface area contributed by atoms with Crippen LogP contribution in [0.4, 0.5) is 5.13 Å². The standard InChI is InChI=1S/C14H13N7OS2/c1-2-7-21-12(10-5-3-4-6-15-10)18-20-14(21)23-8-11(22)17-13-19-16-9-24-13/h2-6,9H,1,7-8H2,(H,17,19,22). The molecule has 0 aromatic carbocycles. The minimum atomic E-state index is -0.177. The largest absolute Gasteiger partial charge is 0.300 e. The van der Waals surface area contributed by atoms with E-state index in [9.17, 15) is 4.79 Å². The van der Waals surface area contributed by atoms with Gasteiger partial charge in [-0.1, -0.05) is 35.2 Å². The molecule has 3 rings (SSSR count). The number of hydrogen-bond donors (Lipinski definition) is 1. The number of nitrogens with one attached hydrogen (secondary N) is 1. The molecule has 0 fully saturated rings. The van der Waals surface area contributed by atoms with E-state index >= 15 is 0 Å². The molecular formula is C14H13N7OS2. The fourth-order valence-electron chi connectivity index (χ4n) is 1.89. The molecule has 3 aromatic heterocycles. The van der Waals surface area contributed by atoms with Crippen molar-refractivity contribution in [3.63, 3.8) is 0 Å². The summed E-state index contributed by atoms with van der Waals surface area (Å²) in [7, 11) is 0. The summed E-state index contributed by atoms with van der Waals surface area (Å²) in [6.45, 7) is 4.28. The van der Waals surface area contributed by atoms with Crippen LogP contribution in [0.15, 0.2) is 47.7 Å². The lowest BCUT2D eigenvalue weighted by Gasteiger charge is -2.07. The van der Waals surface area contributed by atoms with Gasteiger partial charge in [-0.25, -0.2) is 0 Å². The molecule has 1 amide bonds. The van der Waals surface area contributed by atoms with Crippen molar-refractivity contribution in [3.05, 3.63) is 42.6 Å². The van der Waals surface area contributed by atoms with Crippen LogP contribution in [0, 0.1) is 0 Å². The van der Waals surface area contributed by atoms with Gasteiger partial charge in [0.25, 0.3) is 0 Å². The minimum absolute atomic E-state index is 0.177. The van der Waals surface area contributed by atoms with Crippen LogP contribution < -0.4 is 5.32 Å². The van der Waals surface area contributed by atoms with Crippen LogP contribution in [0.5, 0.6) is 0 Å². The van der Waals surface area contributed by atoms with Crippen molar-refractivity contribution in [2.24, 2.45) is 0 Å². The molecule has 122 valence electrons. The van der Waals surface area contributed by atoms with Crippen LogP contribution in [0.2, 0.25) is 0 Å². The van der Waals surface area contributed by atoms with Gasteiger partial charge >= 0.3 is 0 Å². The van der Waals surface area contributed by atoms with E-state index in [0.29, 0.717) is 22.7 Å².